The highest BCUT2D eigenvalue weighted by atomic mass is 32.2. The summed E-state index contributed by atoms with van der Waals surface area (Å²) in [6.45, 7) is 1.85. The van der Waals surface area contributed by atoms with Crippen molar-refractivity contribution in [3.63, 3.8) is 0 Å². The van der Waals surface area contributed by atoms with E-state index in [0.29, 0.717) is 17.0 Å². The molecule has 0 unspecified atom stereocenters. The van der Waals surface area contributed by atoms with Gasteiger partial charge in [-0.25, -0.2) is 12.8 Å². The number of halogens is 1. The Kier molecular flexibility index (Phi) is 7.23. The van der Waals surface area contributed by atoms with Crippen molar-refractivity contribution in [1.82, 2.24) is 4.98 Å². The Hall–Kier alpha value is -3.63. The summed E-state index contributed by atoms with van der Waals surface area (Å²) in [5.74, 6) is -0.490. The van der Waals surface area contributed by atoms with Crippen LogP contribution in [0.15, 0.2) is 92.2 Å². The molecule has 0 radical (unpaired) electrons. The molecular formula is C25H21FN2O5S2. The average Bonchev–Trinajstić information content (AvgIpc) is 3.29. The lowest BCUT2D eigenvalue weighted by atomic mass is 10.2. The van der Waals surface area contributed by atoms with Gasteiger partial charge >= 0.3 is 0 Å². The molecule has 0 aliphatic rings. The van der Waals surface area contributed by atoms with E-state index >= 15 is 0 Å². The van der Waals surface area contributed by atoms with E-state index in [0.717, 1.165) is 17.3 Å². The summed E-state index contributed by atoms with van der Waals surface area (Å²) in [4.78, 5) is 16.9. The van der Waals surface area contributed by atoms with Crippen LogP contribution >= 0.6 is 11.8 Å². The van der Waals surface area contributed by atoms with Gasteiger partial charge in [0.15, 0.2) is 0 Å². The standard InChI is InChI=1S/C25H21FN2O5S2/c1-16-7-13-19(14-8-16)35(30,31)24-25(33-23(28-24)17-9-11-18(26)12-10-17)34-15-22(29)27-20-5-3-4-6-21(20)32-2/h3-14H,15H2,1-2H3,(H,27,29). The summed E-state index contributed by atoms with van der Waals surface area (Å²) in [5.41, 5.74) is 1.79. The molecule has 0 bridgehead atoms. The van der Waals surface area contributed by atoms with E-state index in [-0.39, 0.29) is 26.7 Å². The number of amides is 1. The molecule has 0 saturated carbocycles. The molecule has 4 aromatic rings. The first-order valence-electron chi connectivity index (χ1n) is 10.4. The number of aryl methyl sites for hydroxylation is 1. The van der Waals surface area contributed by atoms with Crippen molar-refractivity contribution in [2.75, 3.05) is 18.2 Å². The third-order valence-corrected chi connectivity index (χ3v) is 7.71. The Morgan fingerprint density at radius 1 is 1.06 bits per heavy atom. The van der Waals surface area contributed by atoms with Gasteiger partial charge in [-0.05, 0) is 55.5 Å². The van der Waals surface area contributed by atoms with Crippen LogP contribution in [0, 0.1) is 12.7 Å². The van der Waals surface area contributed by atoms with Gasteiger partial charge in [0.25, 0.3) is 0 Å². The monoisotopic (exact) mass is 512 g/mol. The fourth-order valence-corrected chi connectivity index (χ4v) is 5.49. The molecule has 1 aromatic heterocycles. The van der Waals surface area contributed by atoms with Crippen LogP contribution in [0.3, 0.4) is 0 Å². The number of aromatic nitrogens is 1. The number of benzene rings is 3. The summed E-state index contributed by atoms with van der Waals surface area (Å²) < 4.78 is 51.1. The molecule has 180 valence electrons. The Morgan fingerprint density at radius 3 is 2.43 bits per heavy atom. The van der Waals surface area contributed by atoms with Gasteiger partial charge in [0.2, 0.25) is 31.8 Å². The van der Waals surface area contributed by atoms with Crippen LogP contribution in [-0.4, -0.2) is 32.2 Å². The molecule has 0 atom stereocenters. The van der Waals surface area contributed by atoms with Crippen LogP contribution in [0.1, 0.15) is 5.56 Å². The Morgan fingerprint density at radius 2 is 1.74 bits per heavy atom. The molecule has 0 spiro atoms. The Bertz CT molecular complexity index is 1450. The van der Waals surface area contributed by atoms with E-state index in [1.165, 1.54) is 43.5 Å². The molecule has 0 saturated heterocycles. The van der Waals surface area contributed by atoms with Crippen LogP contribution < -0.4 is 10.1 Å². The topological polar surface area (TPSA) is 98.5 Å². The predicted octanol–water partition coefficient (Wildman–Crippen LogP) is 5.36. The second kappa shape index (κ2) is 10.3. The van der Waals surface area contributed by atoms with Crippen LogP contribution in [0.5, 0.6) is 5.75 Å². The van der Waals surface area contributed by atoms with E-state index < -0.39 is 21.6 Å². The second-order valence-corrected chi connectivity index (χ2v) is 10.3. The van der Waals surface area contributed by atoms with Gasteiger partial charge in [0, 0.05) is 5.56 Å². The van der Waals surface area contributed by atoms with Crippen molar-refractivity contribution in [3.8, 4) is 17.2 Å². The molecule has 7 nitrogen and oxygen atoms in total. The summed E-state index contributed by atoms with van der Waals surface area (Å²) >= 11 is 0.896. The van der Waals surface area contributed by atoms with Crippen LogP contribution in [0.4, 0.5) is 10.1 Å². The van der Waals surface area contributed by atoms with Crippen LogP contribution in [-0.2, 0) is 14.6 Å². The number of oxazole rings is 1. The molecule has 3 aromatic carbocycles. The fourth-order valence-electron chi connectivity index (χ4n) is 3.16. The van der Waals surface area contributed by atoms with Crippen molar-refractivity contribution >= 4 is 33.2 Å². The number of rotatable bonds is 8. The minimum Gasteiger partial charge on any atom is -0.495 e. The molecule has 0 fully saturated rings. The lowest BCUT2D eigenvalue weighted by Crippen LogP contribution is -2.15. The highest BCUT2D eigenvalue weighted by Crippen LogP contribution is 2.35. The highest BCUT2D eigenvalue weighted by molar-refractivity contribution is 8.00. The van der Waals surface area contributed by atoms with E-state index in [1.54, 1.807) is 36.4 Å². The Labute approximate surface area is 206 Å². The number of carbonyl (C=O) groups is 1. The number of hydrogen-bond acceptors (Lipinski definition) is 7. The number of nitrogens with zero attached hydrogens (tertiary/aromatic N) is 1. The number of ether oxygens (including phenoxy) is 1. The number of sulfone groups is 1. The largest absolute Gasteiger partial charge is 0.495 e. The van der Waals surface area contributed by atoms with Crippen LogP contribution in [0.25, 0.3) is 11.5 Å². The van der Waals surface area contributed by atoms with E-state index in [1.807, 2.05) is 6.92 Å². The predicted molar refractivity (Wildman–Crippen MR) is 131 cm³/mol. The van der Waals surface area contributed by atoms with Gasteiger partial charge in [0.1, 0.15) is 11.6 Å². The van der Waals surface area contributed by atoms with Gasteiger partial charge < -0.3 is 14.5 Å². The zero-order chi connectivity index (χ0) is 25.0. The zero-order valence-electron chi connectivity index (χ0n) is 18.8. The zero-order valence-corrected chi connectivity index (χ0v) is 20.5. The quantitative estimate of drug-likeness (QED) is 0.317. The minimum atomic E-state index is -4.05. The van der Waals surface area contributed by atoms with E-state index in [2.05, 4.69) is 10.3 Å². The third-order valence-electron chi connectivity index (χ3n) is 4.96. The van der Waals surface area contributed by atoms with E-state index in [9.17, 15) is 17.6 Å². The van der Waals surface area contributed by atoms with Gasteiger partial charge in [-0.3, -0.25) is 4.79 Å². The number of carbonyl (C=O) groups excluding carboxylic acids is 1. The first-order chi connectivity index (χ1) is 16.8. The average molecular weight is 513 g/mol. The molecule has 0 aliphatic heterocycles. The van der Waals surface area contributed by atoms with Crippen molar-refractivity contribution in [3.05, 3.63) is 84.2 Å². The summed E-state index contributed by atoms with van der Waals surface area (Å²) in [5, 5.41) is 2.38. The van der Waals surface area contributed by atoms with Crippen LogP contribution in [0.2, 0.25) is 0 Å². The highest BCUT2D eigenvalue weighted by Gasteiger charge is 2.29. The molecule has 1 amide bonds. The second-order valence-electron chi connectivity index (χ2n) is 7.47. The van der Waals surface area contributed by atoms with Gasteiger partial charge in [-0.15, -0.1) is 0 Å². The first-order valence-corrected chi connectivity index (χ1v) is 12.9. The number of para-hydroxylation sites is 2. The normalized spacial score (nSPS) is 11.3. The summed E-state index contributed by atoms with van der Waals surface area (Å²) in [6.07, 6.45) is 0. The third kappa shape index (κ3) is 5.55. The van der Waals surface area contributed by atoms with Gasteiger partial charge in [-0.2, -0.15) is 4.98 Å². The molecule has 35 heavy (non-hydrogen) atoms. The maximum atomic E-state index is 13.4. The number of anilines is 1. The molecular weight excluding hydrogens is 491 g/mol. The lowest BCUT2D eigenvalue weighted by Gasteiger charge is -2.09. The number of thioether (sulfide) groups is 1. The Balaban J connectivity index is 1.65. The first kappa shape index (κ1) is 24.5. The maximum Gasteiger partial charge on any atom is 0.234 e. The SMILES string of the molecule is COc1ccccc1NC(=O)CSc1oc(-c2ccc(F)cc2)nc1S(=O)(=O)c1ccc(C)cc1. The molecule has 10 heteroatoms. The smallest absolute Gasteiger partial charge is 0.234 e. The molecule has 4 rings (SSSR count). The molecule has 1 N–H and O–H groups in total. The van der Waals surface area contributed by atoms with Crippen molar-refractivity contribution in [2.45, 2.75) is 21.9 Å². The maximum absolute atomic E-state index is 13.4. The number of hydrogen-bond donors (Lipinski definition) is 1. The lowest BCUT2D eigenvalue weighted by molar-refractivity contribution is -0.113. The minimum absolute atomic E-state index is 0.00308. The molecule has 0 aliphatic carbocycles. The van der Waals surface area contributed by atoms with Gasteiger partial charge in [0.05, 0.1) is 23.4 Å². The van der Waals surface area contributed by atoms with Gasteiger partial charge in [-0.1, -0.05) is 41.6 Å². The molecule has 1 heterocycles. The fraction of sp³-hybridized carbons (Fsp3) is 0.120. The van der Waals surface area contributed by atoms with E-state index in [4.69, 9.17) is 9.15 Å². The van der Waals surface area contributed by atoms with Crippen molar-refractivity contribution in [2.24, 2.45) is 0 Å². The van der Waals surface area contributed by atoms with Crippen molar-refractivity contribution in [1.29, 1.82) is 0 Å². The summed E-state index contributed by atoms with van der Waals surface area (Å²) in [6, 6.07) is 18.6. The van der Waals surface area contributed by atoms with Crippen molar-refractivity contribution < 1.29 is 26.8 Å². The number of nitrogens with one attached hydrogen (secondary N) is 1. The summed E-state index contributed by atoms with van der Waals surface area (Å²) in [7, 11) is -2.56. The number of methoxy groups -OCH3 is 1.